The first-order chi connectivity index (χ1) is 5.24. The first-order valence-corrected chi connectivity index (χ1v) is 3.70. The number of halogens is 1. The minimum absolute atomic E-state index is 0.526. The molecule has 0 unspecified atom stereocenters. The maximum Gasteiger partial charge on any atom is 0.228 e. The van der Waals surface area contributed by atoms with Gasteiger partial charge in [-0.05, 0) is 12.1 Å². The van der Waals surface area contributed by atoms with Gasteiger partial charge in [0.1, 0.15) is 0 Å². The fourth-order valence-electron chi connectivity index (χ4n) is 0.633. The molecule has 0 heterocycles. The summed E-state index contributed by atoms with van der Waals surface area (Å²) in [6.45, 7) is 0. The van der Waals surface area contributed by atoms with E-state index in [1.54, 1.807) is 12.1 Å². The zero-order valence-electron chi connectivity index (χ0n) is 5.62. The number of hydrogen-bond donors (Lipinski definition) is 1. The van der Waals surface area contributed by atoms with Crippen LogP contribution in [0.2, 0.25) is 0 Å². The molecule has 3 nitrogen and oxygen atoms in total. The normalized spacial score (nSPS) is 9.27. The Morgan fingerprint density at radius 2 is 2.45 bits per heavy atom. The van der Waals surface area contributed by atoms with Gasteiger partial charge in [-0.3, -0.25) is 9.80 Å². The summed E-state index contributed by atoms with van der Waals surface area (Å²) >= 11 is 3.24. The Morgan fingerprint density at radius 1 is 1.73 bits per heavy atom. The minimum Gasteiger partial charge on any atom is -0.277 e. The highest BCUT2D eigenvalue weighted by molar-refractivity contribution is 9.10. The zero-order valence-corrected chi connectivity index (χ0v) is 7.21. The van der Waals surface area contributed by atoms with Gasteiger partial charge in [-0.1, -0.05) is 22.0 Å². The number of rotatable bonds is 2. The van der Waals surface area contributed by atoms with Gasteiger partial charge in [-0.25, -0.2) is 5.84 Å². The number of benzene rings is 1. The van der Waals surface area contributed by atoms with Crippen molar-refractivity contribution in [1.29, 1.82) is 0 Å². The van der Waals surface area contributed by atoms with E-state index in [-0.39, 0.29) is 0 Å². The van der Waals surface area contributed by atoms with Crippen molar-refractivity contribution in [1.82, 2.24) is 0 Å². The Hall–Kier alpha value is -0.870. The Bertz CT molecular complexity index is 264. The Balaban J connectivity index is 2.95. The monoisotopic (exact) mass is 213 g/mol. The van der Waals surface area contributed by atoms with Crippen LogP contribution in [-0.4, -0.2) is 6.41 Å². The predicted molar refractivity (Wildman–Crippen MR) is 45.7 cm³/mol. The largest absolute Gasteiger partial charge is 0.277 e. The van der Waals surface area contributed by atoms with Gasteiger partial charge in [-0.15, -0.1) is 0 Å². The molecule has 1 aromatic carbocycles. The van der Waals surface area contributed by atoms with Gasteiger partial charge < -0.3 is 0 Å². The number of hydrogen-bond acceptors (Lipinski definition) is 2. The number of hydrazine groups is 1. The number of amides is 1. The summed E-state index contributed by atoms with van der Waals surface area (Å²) in [7, 11) is 0. The van der Waals surface area contributed by atoms with Crippen LogP contribution in [0.4, 0.5) is 5.69 Å². The summed E-state index contributed by atoms with van der Waals surface area (Å²) in [5, 5.41) is 0.963. The van der Waals surface area contributed by atoms with E-state index in [9.17, 15) is 4.79 Å². The van der Waals surface area contributed by atoms with Gasteiger partial charge in [0.05, 0.1) is 5.69 Å². The van der Waals surface area contributed by atoms with Crippen molar-refractivity contribution in [3.05, 3.63) is 28.7 Å². The second-order valence-corrected chi connectivity index (χ2v) is 2.82. The van der Waals surface area contributed by atoms with Crippen LogP contribution in [0.15, 0.2) is 22.7 Å². The smallest absolute Gasteiger partial charge is 0.228 e. The number of nitrogens with two attached hydrogens (primary N) is 1. The molecule has 4 heteroatoms. The van der Waals surface area contributed by atoms with Gasteiger partial charge in [0.15, 0.2) is 0 Å². The Labute approximate surface area is 72.9 Å². The first kappa shape index (κ1) is 8.23. The SMILES string of the molecule is NN(C=O)c1[c]ccc(Br)c1. The minimum atomic E-state index is 0.526. The molecule has 0 aromatic heterocycles. The summed E-state index contributed by atoms with van der Waals surface area (Å²) in [6, 6.07) is 7.99. The van der Waals surface area contributed by atoms with Gasteiger partial charge >= 0.3 is 0 Å². The first-order valence-electron chi connectivity index (χ1n) is 2.90. The molecule has 1 aromatic rings. The van der Waals surface area contributed by atoms with E-state index in [4.69, 9.17) is 5.84 Å². The summed E-state index contributed by atoms with van der Waals surface area (Å²) in [4.78, 5) is 10.2. The summed E-state index contributed by atoms with van der Waals surface area (Å²) in [6.07, 6.45) is 0.526. The van der Waals surface area contributed by atoms with E-state index in [1.807, 2.05) is 6.07 Å². The van der Waals surface area contributed by atoms with Gasteiger partial charge in [-0.2, -0.15) is 0 Å². The second kappa shape index (κ2) is 3.50. The zero-order chi connectivity index (χ0) is 8.27. The fourth-order valence-corrected chi connectivity index (χ4v) is 0.982. The summed E-state index contributed by atoms with van der Waals surface area (Å²) < 4.78 is 0.864. The molecule has 1 rings (SSSR count). The Kier molecular flexibility index (Phi) is 2.62. The molecule has 11 heavy (non-hydrogen) atoms. The highest BCUT2D eigenvalue weighted by Gasteiger charge is 1.98. The maximum absolute atomic E-state index is 10.2. The van der Waals surface area contributed by atoms with Crippen molar-refractivity contribution in [2.45, 2.75) is 0 Å². The van der Waals surface area contributed by atoms with E-state index in [1.165, 1.54) is 0 Å². The number of carbonyl (C=O) groups is 1. The molecule has 0 spiro atoms. The highest BCUT2D eigenvalue weighted by atomic mass is 79.9. The van der Waals surface area contributed by atoms with Gasteiger partial charge in [0.25, 0.3) is 0 Å². The van der Waals surface area contributed by atoms with E-state index in [0.717, 1.165) is 9.48 Å². The molecule has 0 aliphatic heterocycles. The van der Waals surface area contributed by atoms with Gasteiger partial charge in [0.2, 0.25) is 6.41 Å². The molecule has 0 bridgehead atoms. The van der Waals surface area contributed by atoms with Crippen molar-refractivity contribution in [2.75, 3.05) is 5.01 Å². The van der Waals surface area contributed by atoms with Gasteiger partial charge in [0, 0.05) is 10.5 Å². The topological polar surface area (TPSA) is 46.3 Å². The van der Waals surface area contributed by atoms with E-state index in [0.29, 0.717) is 12.1 Å². The molecule has 1 amide bonds. The average molecular weight is 214 g/mol. The molecule has 0 saturated carbocycles. The Morgan fingerprint density at radius 3 is 3.00 bits per heavy atom. The van der Waals surface area contributed by atoms with E-state index in [2.05, 4.69) is 22.0 Å². The van der Waals surface area contributed by atoms with Crippen molar-refractivity contribution < 1.29 is 4.79 Å². The summed E-state index contributed by atoms with van der Waals surface area (Å²) in [5.74, 6) is 5.28. The van der Waals surface area contributed by atoms with Crippen LogP contribution in [0.1, 0.15) is 0 Å². The van der Waals surface area contributed by atoms with Crippen LogP contribution in [0.25, 0.3) is 0 Å². The lowest BCUT2D eigenvalue weighted by atomic mass is 10.3. The average Bonchev–Trinajstić information content (AvgIpc) is 2.03. The van der Waals surface area contributed by atoms with E-state index >= 15 is 0 Å². The van der Waals surface area contributed by atoms with Crippen LogP contribution in [0.3, 0.4) is 0 Å². The number of carbonyl (C=O) groups excluding carboxylic acids is 1. The molecule has 0 fully saturated rings. The van der Waals surface area contributed by atoms with Crippen LogP contribution in [0, 0.1) is 6.07 Å². The van der Waals surface area contributed by atoms with Crippen molar-refractivity contribution in [3.63, 3.8) is 0 Å². The quantitative estimate of drug-likeness (QED) is 0.346. The van der Waals surface area contributed by atoms with E-state index < -0.39 is 0 Å². The number of anilines is 1. The lowest BCUT2D eigenvalue weighted by Crippen LogP contribution is -2.28. The van der Waals surface area contributed by atoms with Crippen molar-refractivity contribution in [3.8, 4) is 0 Å². The standard InChI is InChI=1S/C7H6BrN2O/c8-6-2-1-3-7(4-6)10(9)5-11/h1-2,4-5H,9H2. The van der Waals surface area contributed by atoms with Crippen molar-refractivity contribution in [2.24, 2.45) is 5.84 Å². The molecular weight excluding hydrogens is 208 g/mol. The lowest BCUT2D eigenvalue weighted by molar-refractivity contribution is -0.107. The third-order valence-corrected chi connectivity index (χ3v) is 1.63. The molecule has 0 aliphatic rings. The van der Waals surface area contributed by atoms with Crippen molar-refractivity contribution >= 4 is 28.0 Å². The van der Waals surface area contributed by atoms with Crippen LogP contribution < -0.4 is 10.9 Å². The second-order valence-electron chi connectivity index (χ2n) is 1.90. The molecule has 57 valence electrons. The third kappa shape index (κ3) is 2.03. The molecule has 2 N–H and O–H groups in total. The molecule has 0 saturated heterocycles. The number of nitrogens with zero attached hydrogens (tertiary/aromatic N) is 1. The third-order valence-electron chi connectivity index (χ3n) is 1.14. The maximum atomic E-state index is 10.2. The predicted octanol–water partition coefficient (Wildman–Crippen LogP) is 1.09. The molecule has 0 aliphatic carbocycles. The van der Waals surface area contributed by atoms with Crippen LogP contribution >= 0.6 is 15.9 Å². The molecule has 0 atom stereocenters. The fraction of sp³-hybridized carbons (Fsp3) is 0. The molecular formula is C7H6BrN2O. The highest BCUT2D eigenvalue weighted by Crippen LogP contribution is 2.15. The lowest BCUT2D eigenvalue weighted by Gasteiger charge is -2.08. The summed E-state index contributed by atoms with van der Waals surface area (Å²) in [5.41, 5.74) is 0.536. The molecule has 1 radical (unpaired) electrons. The van der Waals surface area contributed by atoms with Crippen LogP contribution in [0.5, 0.6) is 0 Å². The van der Waals surface area contributed by atoms with Crippen LogP contribution in [-0.2, 0) is 4.79 Å².